The van der Waals surface area contributed by atoms with Crippen LogP contribution in [0.25, 0.3) is 6.08 Å². The molecule has 3 aliphatic heterocycles. The molecule has 0 aliphatic carbocycles. The molecule has 2 aromatic rings. The zero-order chi connectivity index (χ0) is 20.3. The molecule has 2 N–H and O–H groups in total. The van der Waals surface area contributed by atoms with Crippen molar-refractivity contribution in [3.05, 3.63) is 65.1 Å². The van der Waals surface area contributed by atoms with Gasteiger partial charge in [-0.2, -0.15) is 0 Å². The van der Waals surface area contributed by atoms with Crippen molar-refractivity contribution >= 4 is 17.7 Å². The highest BCUT2D eigenvalue weighted by Crippen LogP contribution is 2.39. The van der Waals surface area contributed by atoms with E-state index in [-0.39, 0.29) is 6.29 Å². The van der Waals surface area contributed by atoms with Gasteiger partial charge in [-0.05, 0) is 37.5 Å². The molecule has 0 saturated carbocycles. The second-order valence-corrected chi connectivity index (χ2v) is 7.49. The number of anilines is 1. The lowest BCUT2D eigenvalue weighted by atomic mass is 10.1. The second kappa shape index (κ2) is 6.33. The highest BCUT2D eigenvalue weighted by molar-refractivity contribution is 5.91. The van der Waals surface area contributed by atoms with Gasteiger partial charge in [0.1, 0.15) is 11.5 Å². The molecule has 3 aliphatic rings. The summed E-state index contributed by atoms with van der Waals surface area (Å²) in [6, 6.07) is 2.46. The van der Waals surface area contributed by atoms with Crippen LogP contribution in [0.4, 0.5) is 14.5 Å². The first-order valence-corrected chi connectivity index (χ1v) is 9.44. The van der Waals surface area contributed by atoms with Crippen molar-refractivity contribution < 1.29 is 13.6 Å². The highest BCUT2D eigenvalue weighted by atomic mass is 19.2. The number of nitrogens with two attached hydrogens (primary N) is 1. The number of hydrogen-bond donors (Lipinski definition) is 1. The summed E-state index contributed by atoms with van der Waals surface area (Å²) in [6.07, 6.45) is 8.91. The van der Waals surface area contributed by atoms with Gasteiger partial charge in [0.2, 0.25) is 0 Å². The van der Waals surface area contributed by atoms with Crippen LogP contribution in [-0.2, 0) is 6.67 Å². The number of primary amides is 1. The van der Waals surface area contributed by atoms with Gasteiger partial charge in [-0.25, -0.2) is 13.8 Å². The summed E-state index contributed by atoms with van der Waals surface area (Å²) in [6.45, 7) is 2.99. The smallest absolute Gasteiger partial charge is 0.267 e. The molecule has 1 aromatic heterocycles. The molecule has 9 heteroatoms. The molecule has 4 heterocycles. The van der Waals surface area contributed by atoms with Crippen LogP contribution in [-0.4, -0.2) is 38.1 Å². The quantitative estimate of drug-likeness (QED) is 0.861. The number of benzene rings is 1. The molecule has 1 atom stereocenters. The number of aryl methyl sites for hydroxylation is 1. The summed E-state index contributed by atoms with van der Waals surface area (Å²) in [5.41, 5.74) is 8.22. The molecule has 5 rings (SSSR count). The number of carbonyl (C=O) groups excluding carboxylic acids is 1. The fourth-order valence-electron chi connectivity index (χ4n) is 4.34. The highest BCUT2D eigenvalue weighted by Gasteiger charge is 2.40. The molecule has 0 bridgehead atoms. The number of carbonyl (C=O) groups is 1. The van der Waals surface area contributed by atoms with E-state index < -0.39 is 17.5 Å². The van der Waals surface area contributed by atoms with Crippen LogP contribution < -0.4 is 10.6 Å². The van der Waals surface area contributed by atoms with Crippen LogP contribution in [0.2, 0.25) is 0 Å². The van der Waals surface area contributed by atoms with Crippen LogP contribution in [0.15, 0.2) is 36.4 Å². The maximum atomic E-state index is 14.0. The van der Waals surface area contributed by atoms with E-state index in [9.17, 15) is 13.6 Å². The van der Waals surface area contributed by atoms with Gasteiger partial charge in [0, 0.05) is 30.7 Å². The molecule has 1 unspecified atom stereocenters. The van der Waals surface area contributed by atoms with Crippen molar-refractivity contribution in [2.75, 3.05) is 11.4 Å². The third kappa shape index (κ3) is 2.68. The number of hydrogen-bond acceptors (Lipinski definition) is 5. The molecule has 1 fully saturated rings. The minimum atomic E-state index is -0.878. The number of halogens is 2. The van der Waals surface area contributed by atoms with Crippen LogP contribution >= 0.6 is 0 Å². The van der Waals surface area contributed by atoms with Gasteiger partial charge in [0.15, 0.2) is 17.9 Å². The Balaban J connectivity index is 1.55. The van der Waals surface area contributed by atoms with E-state index in [1.807, 2.05) is 28.3 Å². The van der Waals surface area contributed by atoms with Gasteiger partial charge < -0.3 is 25.0 Å². The minimum Gasteiger partial charge on any atom is -0.364 e. The first-order valence-electron chi connectivity index (χ1n) is 9.44. The Bertz CT molecular complexity index is 1080. The molecule has 0 spiro atoms. The SMILES string of the molecule is Cc1cc(F)c(F)cc1N1C=C2CCCN2C1N1C=Cc2ncc(C(N)=O)n2C1. The minimum absolute atomic E-state index is 0.261. The standard InChI is InChI=1S/C20H20F2N6O/c1-12-7-14(21)15(22)8-16(12)27-10-13-3-2-5-26(13)20(27)25-6-4-18-24-9-17(19(23)29)28(18)11-25/h4,6-10,20H,2-3,5,11H2,1H3,(H2,23,29). The van der Waals surface area contributed by atoms with Gasteiger partial charge in [-0.15, -0.1) is 0 Å². The Kier molecular flexibility index (Phi) is 3.87. The zero-order valence-electron chi connectivity index (χ0n) is 15.8. The molecule has 150 valence electrons. The van der Waals surface area contributed by atoms with Gasteiger partial charge in [0.25, 0.3) is 5.91 Å². The van der Waals surface area contributed by atoms with Gasteiger partial charge >= 0.3 is 0 Å². The van der Waals surface area contributed by atoms with Crippen LogP contribution in [0.5, 0.6) is 0 Å². The summed E-state index contributed by atoms with van der Waals surface area (Å²) >= 11 is 0. The summed E-state index contributed by atoms with van der Waals surface area (Å²) in [4.78, 5) is 22.2. The molecule has 0 radical (unpaired) electrons. The van der Waals surface area contributed by atoms with Gasteiger partial charge in [-0.1, -0.05) is 0 Å². The number of aromatic nitrogens is 2. The summed E-state index contributed by atoms with van der Waals surface area (Å²) in [5.74, 6) is -1.63. The second-order valence-electron chi connectivity index (χ2n) is 7.49. The van der Waals surface area contributed by atoms with Crippen molar-refractivity contribution in [1.29, 1.82) is 0 Å². The van der Waals surface area contributed by atoms with Crippen molar-refractivity contribution in [3.8, 4) is 0 Å². The average molecular weight is 398 g/mol. The number of fused-ring (bicyclic) bond motifs is 2. The third-order valence-electron chi connectivity index (χ3n) is 5.69. The fourth-order valence-corrected chi connectivity index (χ4v) is 4.34. The molecule has 1 amide bonds. The number of amides is 1. The molecule has 1 saturated heterocycles. The van der Waals surface area contributed by atoms with E-state index in [0.717, 1.165) is 25.1 Å². The van der Waals surface area contributed by atoms with Crippen LogP contribution in [0.3, 0.4) is 0 Å². The Morgan fingerprint density at radius 1 is 1.28 bits per heavy atom. The van der Waals surface area contributed by atoms with Crippen molar-refractivity contribution in [2.24, 2.45) is 5.73 Å². The van der Waals surface area contributed by atoms with E-state index in [1.54, 1.807) is 11.5 Å². The predicted octanol–water partition coefficient (Wildman–Crippen LogP) is 2.55. The summed E-state index contributed by atoms with van der Waals surface area (Å²) in [7, 11) is 0. The van der Waals surface area contributed by atoms with E-state index in [1.165, 1.54) is 18.3 Å². The van der Waals surface area contributed by atoms with Gasteiger partial charge in [0.05, 0.1) is 18.6 Å². The first-order chi connectivity index (χ1) is 13.9. The topological polar surface area (TPSA) is 70.6 Å². The number of allylic oxidation sites excluding steroid dienone is 1. The van der Waals surface area contributed by atoms with E-state index >= 15 is 0 Å². The zero-order valence-corrected chi connectivity index (χ0v) is 15.8. The maximum Gasteiger partial charge on any atom is 0.267 e. The predicted molar refractivity (Wildman–Crippen MR) is 103 cm³/mol. The summed E-state index contributed by atoms with van der Waals surface area (Å²) < 4.78 is 29.5. The lowest BCUT2D eigenvalue weighted by Crippen LogP contribution is -2.51. The fraction of sp³-hybridized carbons (Fsp3) is 0.300. The molecule has 1 aromatic carbocycles. The average Bonchev–Trinajstić information content (AvgIpc) is 3.37. The van der Waals surface area contributed by atoms with Crippen molar-refractivity contribution in [2.45, 2.75) is 32.7 Å². The maximum absolute atomic E-state index is 14.0. The van der Waals surface area contributed by atoms with E-state index in [0.29, 0.717) is 29.4 Å². The summed E-state index contributed by atoms with van der Waals surface area (Å²) in [5, 5.41) is 0. The number of nitrogens with zero attached hydrogens (tertiary/aromatic N) is 5. The number of rotatable bonds is 3. The Morgan fingerprint density at radius 3 is 2.86 bits per heavy atom. The monoisotopic (exact) mass is 398 g/mol. The first kappa shape index (κ1) is 17.7. The molecule has 29 heavy (non-hydrogen) atoms. The van der Waals surface area contributed by atoms with Gasteiger partial charge in [-0.3, -0.25) is 4.79 Å². The Hall–Kier alpha value is -3.36. The third-order valence-corrected chi connectivity index (χ3v) is 5.69. The van der Waals surface area contributed by atoms with Crippen molar-refractivity contribution in [1.82, 2.24) is 19.4 Å². The van der Waals surface area contributed by atoms with E-state index in [4.69, 9.17) is 5.73 Å². The largest absolute Gasteiger partial charge is 0.364 e. The molecule has 7 nitrogen and oxygen atoms in total. The van der Waals surface area contributed by atoms with E-state index in [2.05, 4.69) is 9.88 Å². The Labute approximate surface area is 166 Å². The molecular weight excluding hydrogens is 378 g/mol. The Morgan fingerprint density at radius 2 is 2.07 bits per heavy atom. The number of imidazole rings is 1. The van der Waals surface area contributed by atoms with Crippen LogP contribution in [0.1, 0.15) is 34.7 Å². The normalized spacial score (nSPS) is 20.2. The lowest BCUT2D eigenvalue weighted by molar-refractivity contribution is 0.0950. The van der Waals surface area contributed by atoms with Crippen molar-refractivity contribution in [3.63, 3.8) is 0 Å². The van der Waals surface area contributed by atoms with Crippen LogP contribution in [0, 0.1) is 18.6 Å². The lowest BCUT2D eigenvalue weighted by Gasteiger charge is -2.41. The molecular formula is C20H20F2N6O.